The summed E-state index contributed by atoms with van der Waals surface area (Å²) >= 11 is 0. The molecule has 0 saturated heterocycles. The fourth-order valence-electron chi connectivity index (χ4n) is 2.00. The minimum absolute atomic E-state index is 0.124. The number of nitrogens with one attached hydrogen (secondary N) is 1. The van der Waals surface area contributed by atoms with Gasteiger partial charge in [0.2, 0.25) is 0 Å². The Balaban J connectivity index is 2.54. The van der Waals surface area contributed by atoms with Crippen LogP contribution in [-0.4, -0.2) is 16.7 Å². The third-order valence-corrected chi connectivity index (χ3v) is 3.04. The van der Waals surface area contributed by atoms with Crippen LogP contribution < -0.4 is 11.2 Å². The highest BCUT2D eigenvalue weighted by molar-refractivity contribution is 5.25. The average Bonchev–Trinajstić information content (AvgIpc) is 2.41. The molecule has 0 aliphatic heterocycles. The molecular weight excluding hydrogens is 244 g/mol. The van der Waals surface area contributed by atoms with Crippen LogP contribution in [0.25, 0.3) is 0 Å². The van der Waals surface area contributed by atoms with E-state index in [1.54, 1.807) is 6.92 Å². The van der Waals surface area contributed by atoms with Gasteiger partial charge in [-0.15, -0.1) is 0 Å². The zero-order valence-electron chi connectivity index (χ0n) is 11.0. The minimum atomic E-state index is -0.441. The molecule has 0 bridgehead atoms. The van der Waals surface area contributed by atoms with Crippen LogP contribution in [0.3, 0.4) is 0 Å². The van der Waals surface area contributed by atoms with Gasteiger partial charge >= 0.3 is 5.69 Å². The lowest BCUT2D eigenvalue weighted by Gasteiger charge is -2.13. The molecule has 0 fully saturated rings. The number of nitrogens with zero attached hydrogens (tertiary/aromatic N) is 1. The number of ether oxygens (including phenoxy) is 1. The van der Waals surface area contributed by atoms with E-state index < -0.39 is 5.69 Å². The first-order valence-corrected chi connectivity index (χ1v) is 5.99. The maximum absolute atomic E-state index is 11.8. The molecule has 1 heterocycles. The Kier molecular flexibility index (Phi) is 3.97. The first-order valence-electron chi connectivity index (χ1n) is 5.99. The van der Waals surface area contributed by atoms with Crippen LogP contribution in [-0.2, 0) is 17.9 Å². The Morgan fingerprint density at radius 1 is 1.21 bits per heavy atom. The summed E-state index contributed by atoms with van der Waals surface area (Å²) in [5, 5.41) is 0. The van der Waals surface area contributed by atoms with Crippen LogP contribution in [0.4, 0.5) is 0 Å². The number of aromatic amines is 1. The summed E-state index contributed by atoms with van der Waals surface area (Å²) in [5.74, 6) is 0. The molecule has 100 valence electrons. The second-order valence-electron chi connectivity index (χ2n) is 4.34. The van der Waals surface area contributed by atoms with Gasteiger partial charge in [0.15, 0.2) is 0 Å². The van der Waals surface area contributed by atoms with E-state index in [2.05, 4.69) is 4.98 Å². The Morgan fingerprint density at radius 3 is 2.53 bits per heavy atom. The van der Waals surface area contributed by atoms with Gasteiger partial charge in [-0.1, -0.05) is 30.3 Å². The molecule has 0 amide bonds. The first kappa shape index (κ1) is 13.3. The summed E-state index contributed by atoms with van der Waals surface area (Å²) in [6.45, 7) is 1.83. The van der Waals surface area contributed by atoms with E-state index in [1.807, 2.05) is 30.3 Å². The number of rotatable bonds is 4. The molecule has 19 heavy (non-hydrogen) atoms. The van der Waals surface area contributed by atoms with E-state index in [0.717, 1.165) is 5.56 Å². The van der Waals surface area contributed by atoms with Crippen molar-refractivity contribution in [1.29, 1.82) is 0 Å². The maximum Gasteiger partial charge on any atom is 0.330 e. The number of H-pyrrole nitrogens is 1. The Bertz CT molecular complexity index is 671. The largest absolute Gasteiger partial charge is 0.364 e. The van der Waals surface area contributed by atoms with Crippen molar-refractivity contribution < 1.29 is 4.74 Å². The molecule has 2 rings (SSSR count). The fourth-order valence-corrected chi connectivity index (χ4v) is 2.00. The van der Waals surface area contributed by atoms with Crippen LogP contribution in [0, 0.1) is 6.92 Å². The standard InChI is InChI=1S/C14H16N2O3/c1-10-12(8-11-6-4-3-5-7-11)16(9-19-2)14(18)15-13(10)17/h3-7H,8-9H2,1-2H3,(H,15,17,18). The number of hydrogen-bond acceptors (Lipinski definition) is 3. The van der Waals surface area contributed by atoms with Crippen LogP contribution in [0.15, 0.2) is 39.9 Å². The summed E-state index contributed by atoms with van der Waals surface area (Å²) in [4.78, 5) is 25.8. The van der Waals surface area contributed by atoms with Gasteiger partial charge in [-0.05, 0) is 12.5 Å². The van der Waals surface area contributed by atoms with Crippen molar-refractivity contribution in [1.82, 2.24) is 9.55 Å². The molecule has 0 atom stereocenters. The van der Waals surface area contributed by atoms with Gasteiger partial charge in [0.1, 0.15) is 6.73 Å². The molecule has 0 unspecified atom stereocenters. The SMILES string of the molecule is COCn1c(Cc2ccccc2)c(C)c(=O)[nH]c1=O. The molecule has 0 aliphatic carbocycles. The van der Waals surface area contributed by atoms with E-state index >= 15 is 0 Å². The van der Waals surface area contributed by atoms with Crippen LogP contribution in [0.5, 0.6) is 0 Å². The lowest BCUT2D eigenvalue weighted by molar-refractivity contribution is 0.124. The van der Waals surface area contributed by atoms with Crippen molar-refractivity contribution in [2.24, 2.45) is 0 Å². The van der Waals surface area contributed by atoms with Crippen molar-refractivity contribution in [2.45, 2.75) is 20.1 Å². The number of benzene rings is 1. The third-order valence-electron chi connectivity index (χ3n) is 3.04. The number of methoxy groups -OCH3 is 1. The monoisotopic (exact) mass is 260 g/mol. The van der Waals surface area contributed by atoms with Crippen LogP contribution in [0.1, 0.15) is 16.8 Å². The molecule has 0 radical (unpaired) electrons. The zero-order valence-corrected chi connectivity index (χ0v) is 11.0. The third kappa shape index (κ3) is 2.82. The quantitative estimate of drug-likeness (QED) is 0.893. The van der Waals surface area contributed by atoms with Crippen LogP contribution in [0.2, 0.25) is 0 Å². The molecule has 0 spiro atoms. The van der Waals surface area contributed by atoms with Crippen molar-refractivity contribution in [2.75, 3.05) is 7.11 Å². The highest BCUT2D eigenvalue weighted by Crippen LogP contribution is 2.09. The van der Waals surface area contributed by atoms with Gasteiger partial charge in [0.05, 0.1) is 0 Å². The summed E-state index contributed by atoms with van der Waals surface area (Å²) in [6, 6.07) is 9.70. The van der Waals surface area contributed by atoms with E-state index in [4.69, 9.17) is 4.74 Å². The highest BCUT2D eigenvalue weighted by atomic mass is 16.5. The lowest BCUT2D eigenvalue weighted by atomic mass is 10.1. The second kappa shape index (κ2) is 5.67. The van der Waals surface area contributed by atoms with E-state index in [0.29, 0.717) is 17.7 Å². The zero-order chi connectivity index (χ0) is 13.8. The first-order chi connectivity index (χ1) is 9.13. The predicted molar refractivity (Wildman–Crippen MR) is 72.3 cm³/mol. The summed E-state index contributed by atoms with van der Waals surface area (Å²) in [5.41, 5.74) is 1.48. The van der Waals surface area contributed by atoms with Crippen molar-refractivity contribution >= 4 is 0 Å². The second-order valence-corrected chi connectivity index (χ2v) is 4.34. The van der Waals surface area contributed by atoms with Gasteiger partial charge in [-0.25, -0.2) is 4.79 Å². The fraction of sp³-hybridized carbons (Fsp3) is 0.286. The molecular formula is C14H16N2O3. The molecule has 2 aromatic rings. The Hall–Kier alpha value is -2.14. The van der Waals surface area contributed by atoms with Crippen molar-refractivity contribution in [3.63, 3.8) is 0 Å². The van der Waals surface area contributed by atoms with E-state index in [-0.39, 0.29) is 12.3 Å². The Morgan fingerprint density at radius 2 is 1.89 bits per heavy atom. The van der Waals surface area contributed by atoms with Gasteiger partial charge in [0, 0.05) is 24.8 Å². The highest BCUT2D eigenvalue weighted by Gasteiger charge is 2.11. The molecule has 5 nitrogen and oxygen atoms in total. The van der Waals surface area contributed by atoms with Crippen molar-refractivity contribution in [3.8, 4) is 0 Å². The summed E-state index contributed by atoms with van der Waals surface area (Å²) in [6.07, 6.45) is 0.523. The number of hydrogen-bond donors (Lipinski definition) is 1. The molecule has 5 heteroatoms. The molecule has 1 N–H and O–H groups in total. The number of aromatic nitrogens is 2. The minimum Gasteiger partial charge on any atom is -0.364 e. The van der Waals surface area contributed by atoms with Gasteiger partial charge < -0.3 is 4.74 Å². The van der Waals surface area contributed by atoms with Crippen molar-refractivity contribution in [3.05, 3.63) is 68.0 Å². The molecule has 0 saturated carbocycles. The summed E-state index contributed by atoms with van der Waals surface area (Å²) in [7, 11) is 1.51. The van der Waals surface area contributed by atoms with Gasteiger partial charge in [0.25, 0.3) is 5.56 Å². The molecule has 1 aromatic carbocycles. The Labute approximate surface area is 110 Å². The maximum atomic E-state index is 11.8. The van der Waals surface area contributed by atoms with E-state index in [1.165, 1.54) is 11.7 Å². The normalized spacial score (nSPS) is 10.6. The topological polar surface area (TPSA) is 64.1 Å². The predicted octanol–water partition coefficient (Wildman–Crippen LogP) is 1.04. The average molecular weight is 260 g/mol. The van der Waals surface area contributed by atoms with Crippen LogP contribution >= 0.6 is 0 Å². The summed E-state index contributed by atoms with van der Waals surface area (Å²) < 4.78 is 6.47. The molecule has 1 aromatic heterocycles. The van der Waals surface area contributed by atoms with Gasteiger partial charge in [-0.3, -0.25) is 14.3 Å². The lowest BCUT2D eigenvalue weighted by Crippen LogP contribution is -2.35. The smallest absolute Gasteiger partial charge is 0.330 e. The van der Waals surface area contributed by atoms with E-state index in [9.17, 15) is 9.59 Å². The van der Waals surface area contributed by atoms with Gasteiger partial charge in [-0.2, -0.15) is 0 Å². The molecule has 0 aliphatic rings.